The molecule has 2 aromatic carbocycles. The van der Waals surface area contributed by atoms with Crippen LogP contribution in [0.2, 0.25) is 5.02 Å². The molecule has 0 saturated carbocycles. The quantitative estimate of drug-likeness (QED) is 0.452. The molecule has 0 atom stereocenters. The van der Waals surface area contributed by atoms with Gasteiger partial charge < -0.3 is 0 Å². The molecule has 2 aromatic rings. The van der Waals surface area contributed by atoms with Crippen molar-refractivity contribution in [3.05, 3.63) is 64.9 Å². The van der Waals surface area contributed by atoms with E-state index in [0.29, 0.717) is 28.7 Å². The van der Waals surface area contributed by atoms with Crippen molar-refractivity contribution in [1.29, 1.82) is 0 Å². The average Bonchev–Trinajstić information content (AvgIpc) is 2.62. The van der Waals surface area contributed by atoms with Gasteiger partial charge in [0, 0.05) is 29.9 Å². The molecule has 2 amide bonds. The van der Waals surface area contributed by atoms with Crippen LogP contribution in [0.1, 0.15) is 12.5 Å². The fraction of sp³-hybridized carbons (Fsp3) is 0.167. The highest BCUT2D eigenvalue weighted by atomic mass is 35.5. The molecule has 2 rings (SSSR count). The summed E-state index contributed by atoms with van der Waals surface area (Å²) in [5, 5.41) is 5.98. The summed E-state index contributed by atoms with van der Waals surface area (Å²) in [6, 6.07) is 12.2. The van der Waals surface area contributed by atoms with Crippen molar-refractivity contribution >= 4 is 35.9 Å². The van der Waals surface area contributed by atoms with Crippen molar-refractivity contribution < 1.29 is 9.18 Å². The molecule has 0 unspecified atom stereocenters. The van der Waals surface area contributed by atoms with Crippen LogP contribution < -0.4 is 4.90 Å². The van der Waals surface area contributed by atoms with Gasteiger partial charge >= 0.3 is 6.03 Å². The Morgan fingerprint density at radius 1 is 1.16 bits per heavy atom. The van der Waals surface area contributed by atoms with E-state index in [1.807, 2.05) is 6.92 Å². The zero-order chi connectivity index (χ0) is 18.4. The first-order valence-electron chi connectivity index (χ1n) is 7.58. The fourth-order valence-corrected chi connectivity index (χ4v) is 2.31. The number of amides is 2. The minimum Gasteiger partial charge on any atom is -0.293 e. The topological polar surface area (TPSA) is 48.3 Å². The van der Waals surface area contributed by atoms with Crippen LogP contribution in [-0.4, -0.2) is 37.2 Å². The third kappa shape index (κ3) is 4.64. The van der Waals surface area contributed by atoms with E-state index in [-0.39, 0.29) is 11.8 Å². The zero-order valence-corrected chi connectivity index (χ0v) is 14.7. The molecule has 25 heavy (non-hydrogen) atoms. The Kier molecular flexibility index (Phi) is 6.25. The van der Waals surface area contributed by atoms with E-state index in [1.165, 1.54) is 29.1 Å². The summed E-state index contributed by atoms with van der Waals surface area (Å²) in [5.41, 5.74) is 1.26. The van der Waals surface area contributed by atoms with Crippen LogP contribution in [0, 0.1) is 5.82 Å². The van der Waals surface area contributed by atoms with Crippen molar-refractivity contribution in [3.63, 3.8) is 0 Å². The predicted molar refractivity (Wildman–Crippen MR) is 100 cm³/mol. The van der Waals surface area contributed by atoms with Gasteiger partial charge in [-0.15, -0.1) is 5.10 Å². The summed E-state index contributed by atoms with van der Waals surface area (Å²) in [6.07, 6.45) is 0. The number of halogens is 2. The van der Waals surface area contributed by atoms with E-state index >= 15 is 0 Å². The highest BCUT2D eigenvalue weighted by Crippen LogP contribution is 2.17. The van der Waals surface area contributed by atoms with Crippen molar-refractivity contribution in [2.24, 2.45) is 10.1 Å². The fourth-order valence-electron chi connectivity index (χ4n) is 2.19. The van der Waals surface area contributed by atoms with Crippen LogP contribution >= 0.6 is 11.6 Å². The molecule has 0 saturated heterocycles. The van der Waals surface area contributed by atoms with Crippen molar-refractivity contribution in [2.45, 2.75) is 6.92 Å². The van der Waals surface area contributed by atoms with Gasteiger partial charge in [0.05, 0.1) is 0 Å². The van der Waals surface area contributed by atoms with E-state index in [1.54, 1.807) is 36.4 Å². The van der Waals surface area contributed by atoms with Gasteiger partial charge in [-0.2, -0.15) is 0 Å². The third-order valence-corrected chi connectivity index (χ3v) is 3.71. The maximum absolute atomic E-state index is 13.1. The number of hydrogen-bond donors (Lipinski definition) is 0. The van der Waals surface area contributed by atoms with Crippen molar-refractivity contribution in [3.8, 4) is 0 Å². The summed E-state index contributed by atoms with van der Waals surface area (Å²) in [5.74, 6) is -0.0674. The Bertz CT molecular complexity index is 775. The van der Waals surface area contributed by atoms with Crippen LogP contribution in [0.3, 0.4) is 0 Å². The second-order valence-corrected chi connectivity index (χ2v) is 5.55. The third-order valence-electron chi connectivity index (χ3n) is 3.46. The number of rotatable bonds is 4. The lowest BCUT2D eigenvalue weighted by molar-refractivity contribution is 0.217. The first-order chi connectivity index (χ1) is 12.0. The van der Waals surface area contributed by atoms with Gasteiger partial charge in [0.15, 0.2) is 5.84 Å². The summed E-state index contributed by atoms with van der Waals surface area (Å²) < 4.78 is 13.1. The number of hydrogen-bond acceptors (Lipinski definition) is 2. The summed E-state index contributed by atoms with van der Waals surface area (Å²) in [7, 11) is 1.52. The van der Waals surface area contributed by atoms with Gasteiger partial charge in [-0.25, -0.2) is 19.2 Å². The smallest absolute Gasteiger partial charge is 0.293 e. The van der Waals surface area contributed by atoms with Crippen LogP contribution in [0.25, 0.3) is 0 Å². The number of carbonyl (C=O) groups is 1. The standard InChI is InChI=1S/C18H18ClFN4O/c1-4-24(16-11-9-15(20)10-12-16)18(25)23(3)22-17(21-2)13-5-7-14(19)8-6-13/h5-12H,2,4H2,1,3H3. The van der Waals surface area contributed by atoms with Crippen molar-refractivity contribution in [1.82, 2.24) is 5.01 Å². The predicted octanol–water partition coefficient (Wildman–Crippen LogP) is 4.42. The molecule has 0 fully saturated rings. The lowest BCUT2D eigenvalue weighted by Crippen LogP contribution is -2.39. The molecule has 0 N–H and O–H groups in total. The molecule has 5 nitrogen and oxygen atoms in total. The number of benzene rings is 2. The molecule has 130 valence electrons. The van der Waals surface area contributed by atoms with E-state index in [4.69, 9.17) is 11.6 Å². The Labute approximate surface area is 151 Å². The lowest BCUT2D eigenvalue weighted by Gasteiger charge is -2.24. The highest BCUT2D eigenvalue weighted by molar-refractivity contribution is 6.30. The van der Waals surface area contributed by atoms with Gasteiger partial charge in [0.25, 0.3) is 0 Å². The highest BCUT2D eigenvalue weighted by Gasteiger charge is 2.19. The summed E-state index contributed by atoms with van der Waals surface area (Å²) in [6.45, 7) is 5.73. The van der Waals surface area contributed by atoms with Gasteiger partial charge in [0.1, 0.15) is 5.82 Å². The molecular weight excluding hydrogens is 343 g/mol. The molecule has 0 spiro atoms. The largest absolute Gasteiger partial charge is 0.344 e. The molecule has 0 radical (unpaired) electrons. The molecule has 0 bridgehead atoms. The Balaban J connectivity index is 2.25. The van der Waals surface area contributed by atoms with Crippen LogP contribution in [-0.2, 0) is 0 Å². The first-order valence-corrected chi connectivity index (χ1v) is 7.96. The zero-order valence-electron chi connectivity index (χ0n) is 14.0. The van der Waals surface area contributed by atoms with Gasteiger partial charge in [0.2, 0.25) is 0 Å². The van der Waals surface area contributed by atoms with Crippen LogP contribution in [0.5, 0.6) is 0 Å². The van der Waals surface area contributed by atoms with Crippen LogP contribution in [0.15, 0.2) is 58.6 Å². The Morgan fingerprint density at radius 2 is 1.76 bits per heavy atom. The molecule has 0 heterocycles. The molecule has 0 aliphatic heterocycles. The second-order valence-electron chi connectivity index (χ2n) is 5.12. The summed E-state index contributed by atoms with van der Waals surface area (Å²) in [4.78, 5) is 18.0. The van der Waals surface area contributed by atoms with Crippen molar-refractivity contribution in [2.75, 3.05) is 18.5 Å². The van der Waals surface area contributed by atoms with Crippen LogP contribution in [0.4, 0.5) is 14.9 Å². The number of anilines is 1. The number of nitrogens with zero attached hydrogens (tertiary/aromatic N) is 4. The molecule has 7 heteroatoms. The Morgan fingerprint density at radius 3 is 2.28 bits per heavy atom. The molecule has 0 aliphatic rings. The maximum atomic E-state index is 13.1. The van der Waals surface area contributed by atoms with Gasteiger partial charge in [-0.1, -0.05) is 11.6 Å². The van der Waals surface area contributed by atoms with E-state index in [0.717, 1.165) is 0 Å². The number of hydrazone groups is 1. The van der Waals surface area contributed by atoms with E-state index in [9.17, 15) is 9.18 Å². The second kappa shape index (κ2) is 8.39. The summed E-state index contributed by atoms with van der Waals surface area (Å²) >= 11 is 5.87. The molecule has 0 aliphatic carbocycles. The SMILES string of the molecule is C=NC(=NN(C)C(=O)N(CC)c1ccc(F)cc1)c1ccc(Cl)cc1. The number of carbonyl (C=O) groups excluding carboxylic acids is 1. The van der Waals surface area contributed by atoms with Gasteiger partial charge in [-0.05, 0) is 62.2 Å². The number of amidine groups is 1. The number of urea groups is 1. The minimum absolute atomic E-state index is 0.294. The van der Waals surface area contributed by atoms with E-state index < -0.39 is 0 Å². The normalized spacial score (nSPS) is 11.1. The number of aliphatic imine (C=N–C) groups is 1. The Hall–Kier alpha value is -2.73. The lowest BCUT2D eigenvalue weighted by atomic mass is 10.2. The first kappa shape index (κ1) is 18.6. The van der Waals surface area contributed by atoms with E-state index in [2.05, 4.69) is 16.8 Å². The molecule has 0 aromatic heterocycles. The minimum atomic E-state index is -0.371. The maximum Gasteiger partial charge on any atom is 0.344 e. The van der Waals surface area contributed by atoms with Gasteiger partial charge in [-0.3, -0.25) is 4.90 Å². The average molecular weight is 361 g/mol. The molecular formula is C18H18ClFN4O. The monoisotopic (exact) mass is 360 g/mol.